The predicted octanol–water partition coefficient (Wildman–Crippen LogP) is 3.14. The van der Waals surface area contributed by atoms with Crippen LogP contribution < -0.4 is 0 Å². The Bertz CT molecular complexity index is 383. The second kappa shape index (κ2) is 11.2. The molecule has 0 aliphatic rings. The zero-order valence-electron chi connectivity index (χ0n) is 12.0. The second-order valence-corrected chi connectivity index (χ2v) is 11.1. The van der Waals surface area contributed by atoms with Crippen LogP contribution in [0.2, 0.25) is 0 Å². The van der Waals surface area contributed by atoms with Crippen molar-refractivity contribution in [2.24, 2.45) is 5.41 Å². The number of phosphoric acid groups is 1. The molecule has 0 saturated carbocycles. The molecule has 23 heavy (non-hydrogen) atoms. The Labute approximate surface area is 174 Å². The fourth-order valence-electron chi connectivity index (χ4n) is 2.09. The van der Waals surface area contributed by atoms with E-state index in [0.29, 0.717) is 23.5 Å². The standard InChI is InChI=1S/C11H20Br4ClO6P/c12-3-8(14)1-11(16,2-9(15)4-13)10(5-17,6-18)7-22-23(19,20)21/h8-9,17-18H,1-7H2,(H2,19,20,21). The van der Waals surface area contributed by atoms with E-state index in [1.807, 2.05) is 0 Å². The SMILES string of the molecule is O=P(O)(O)OCC(CO)(CO)C(Cl)(CC(Br)CBr)CC(Br)CBr. The van der Waals surface area contributed by atoms with Crippen molar-refractivity contribution in [3.8, 4) is 0 Å². The molecule has 140 valence electrons. The topological polar surface area (TPSA) is 107 Å². The summed E-state index contributed by atoms with van der Waals surface area (Å²) in [6, 6.07) is 0. The van der Waals surface area contributed by atoms with Crippen LogP contribution in [0.3, 0.4) is 0 Å². The molecule has 4 N–H and O–H groups in total. The maximum absolute atomic E-state index is 11.0. The van der Waals surface area contributed by atoms with E-state index in [2.05, 4.69) is 68.2 Å². The molecule has 0 bridgehead atoms. The highest BCUT2D eigenvalue weighted by molar-refractivity contribution is 9.12. The number of aliphatic hydroxyl groups excluding tert-OH is 2. The predicted molar refractivity (Wildman–Crippen MR) is 105 cm³/mol. The van der Waals surface area contributed by atoms with Crippen LogP contribution in [0.5, 0.6) is 0 Å². The van der Waals surface area contributed by atoms with E-state index in [1.54, 1.807) is 0 Å². The molecule has 0 aromatic heterocycles. The van der Waals surface area contributed by atoms with Gasteiger partial charge in [-0.25, -0.2) is 4.57 Å². The first-order valence-electron chi connectivity index (χ1n) is 6.50. The number of halogens is 5. The Hall–Kier alpha value is 2.24. The average molecular weight is 634 g/mol. The Kier molecular flexibility index (Phi) is 12.3. The minimum atomic E-state index is -4.76. The monoisotopic (exact) mass is 630 g/mol. The summed E-state index contributed by atoms with van der Waals surface area (Å²) in [6.07, 6.45) is 0.668. The van der Waals surface area contributed by atoms with Crippen molar-refractivity contribution < 1.29 is 29.1 Å². The van der Waals surface area contributed by atoms with Crippen LogP contribution in [0.25, 0.3) is 0 Å². The summed E-state index contributed by atoms with van der Waals surface area (Å²) in [4.78, 5) is 16.6. The van der Waals surface area contributed by atoms with Crippen LogP contribution >= 0.6 is 83.1 Å². The highest BCUT2D eigenvalue weighted by atomic mass is 79.9. The van der Waals surface area contributed by atoms with E-state index < -0.39 is 37.9 Å². The van der Waals surface area contributed by atoms with Gasteiger partial charge in [0.2, 0.25) is 0 Å². The van der Waals surface area contributed by atoms with E-state index >= 15 is 0 Å². The first-order valence-corrected chi connectivity index (χ1v) is 12.5. The van der Waals surface area contributed by atoms with Crippen LogP contribution in [0, 0.1) is 5.41 Å². The Balaban J connectivity index is 5.65. The van der Waals surface area contributed by atoms with Gasteiger partial charge in [0.25, 0.3) is 0 Å². The molecule has 0 aromatic rings. The van der Waals surface area contributed by atoms with Crippen molar-refractivity contribution in [3.05, 3.63) is 0 Å². The van der Waals surface area contributed by atoms with Gasteiger partial charge in [-0.05, 0) is 12.8 Å². The molecule has 2 atom stereocenters. The van der Waals surface area contributed by atoms with Gasteiger partial charge in [0, 0.05) is 20.3 Å². The maximum atomic E-state index is 11.0. The largest absolute Gasteiger partial charge is 0.469 e. The molecule has 12 heteroatoms. The summed E-state index contributed by atoms with van der Waals surface area (Å²) in [5.41, 5.74) is -1.43. The van der Waals surface area contributed by atoms with Gasteiger partial charge in [0.15, 0.2) is 0 Å². The zero-order chi connectivity index (χ0) is 18.3. The van der Waals surface area contributed by atoms with Crippen molar-refractivity contribution >= 4 is 83.1 Å². The number of phosphoric ester groups is 1. The zero-order valence-corrected chi connectivity index (χ0v) is 20.0. The summed E-state index contributed by atoms with van der Waals surface area (Å²) < 4.78 is 15.6. The van der Waals surface area contributed by atoms with Gasteiger partial charge >= 0.3 is 7.82 Å². The van der Waals surface area contributed by atoms with Crippen molar-refractivity contribution in [2.45, 2.75) is 27.4 Å². The summed E-state index contributed by atoms with van der Waals surface area (Å²) in [6.45, 7) is -1.74. The lowest BCUT2D eigenvalue weighted by Crippen LogP contribution is -2.54. The summed E-state index contributed by atoms with van der Waals surface area (Å²) in [7, 11) is -4.76. The third-order valence-electron chi connectivity index (χ3n) is 3.49. The normalized spacial score (nSPS) is 18.5. The molecule has 0 rings (SSSR count). The van der Waals surface area contributed by atoms with Gasteiger partial charge in [-0.2, -0.15) is 0 Å². The molecule has 0 radical (unpaired) electrons. The van der Waals surface area contributed by atoms with Gasteiger partial charge in [-0.15, -0.1) is 11.6 Å². The molecule has 0 amide bonds. The summed E-state index contributed by atoms with van der Waals surface area (Å²) in [5.74, 6) is 0. The number of hydrogen-bond acceptors (Lipinski definition) is 4. The van der Waals surface area contributed by atoms with Crippen LogP contribution in [-0.2, 0) is 9.09 Å². The minimum absolute atomic E-state index is 0.0671. The van der Waals surface area contributed by atoms with Gasteiger partial charge < -0.3 is 20.0 Å². The van der Waals surface area contributed by atoms with E-state index in [1.165, 1.54) is 0 Å². The summed E-state index contributed by atoms with van der Waals surface area (Å²) in [5, 5.41) is 20.9. The Morgan fingerprint density at radius 1 is 1.04 bits per heavy atom. The molecule has 2 unspecified atom stereocenters. The van der Waals surface area contributed by atoms with Crippen LogP contribution in [0.15, 0.2) is 0 Å². The Morgan fingerprint density at radius 2 is 1.43 bits per heavy atom. The number of alkyl halides is 5. The smallest absolute Gasteiger partial charge is 0.396 e. The summed E-state index contributed by atoms with van der Waals surface area (Å²) >= 11 is 20.3. The van der Waals surface area contributed by atoms with Crippen molar-refractivity contribution in [3.63, 3.8) is 0 Å². The van der Waals surface area contributed by atoms with Gasteiger partial charge in [-0.3, -0.25) is 4.52 Å². The number of hydrogen-bond donors (Lipinski definition) is 4. The first kappa shape index (κ1) is 25.2. The first-order chi connectivity index (χ1) is 10.5. The van der Waals surface area contributed by atoms with E-state index in [0.717, 1.165) is 0 Å². The van der Waals surface area contributed by atoms with Gasteiger partial charge in [-0.1, -0.05) is 63.7 Å². The number of aliphatic hydroxyl groups is 2. The molecule has 0 fully saturated rings. The van der Waals surface area contributed by atoms with Gasteiger partial charge in [0.05, 0.1) is 30.1 Å². The molecule has 0 saturated heterocycles. The third kappa shape index (κ3) is 8.20. The molecular formula is C11H20Br4ClO6P. The molecule has 0 aliphatic heterocycles. The highest BCUT2D eigenvalue weighted by Gasteiger charge is 2.52. The average Bonchev–Trinajstić information content (AvgIpc) is 2.47. The third-order valence-corrected chi connectivity index (χ3v) is 9.26. The van der Waals surface area contributed by atoms with Crippen molar-refractivity contribution in [2.75, 3.05) is 30.5 Å². The molecule has 0 aliphatic carbocycles. The lowest BCUT2D eigenvalue weighted by atomic mass is 9.72. The van der Waals surface area contributed by atoms with Gasteiger partial charge in [0.1, 0.15) is 0 Å². The second-order valence-electron chi connectivity index (χ2n) is 5.24. The fraction of sp³-hybridized carbons (Fsp3) is 1.00. The Morgan fingerprint density at radius 3 is 1.70 bits per heavy atom. The lowest BCUT2D eigenvalue weighted by molar-refractivity contribution is -0.0299. The van der Waals surface area contributed by atoms with E-state index in [4.69, 9.17) is 21.4 Å². The lowest BCUT2D eigenvalue weighted by Gasteiger charge is -2.46. The van der Waals surface area contributed by atoms with Crippen LogP contribution in [-0.4, -0.2) is 65.0 Å². The van der Waals surface area contributed by atoms with E-state index in [9.17, 15) is 14.8 Å². The number of rotatable bonds is 12. The molecule has 0 spiro atoms. The van der Waals surface area contributed by atoms with E-state index in [-0.39, 0.29) is 9.65 Å². The maximum Gasteiger partial charge on any atom is 0.469 e. The molecule has 0 heterocycles. The fourth-order valence-corrected chi connectivity index (χ4v) is 4.99. The van der Waals surface area contributed by atoms with Crippen LogP contribution in [0.4, 0.5) is 0 Å². The quantitative estimate of drug-likeness (QED) is 0.194. The molecule has 6 nitrogen and oxygen atoms in total. The van der Waals surface area contributed by atoms with Crippen molar-refractivity contribution in [1.82, 2.24) is 0 Å². The molecular weight excluding hydrogens is 614 g/mol. The minimum Gasteiger partial charge on any atom is -0.396 e. The van der Waals surface area contributed by atoms with Crippen LogP contribution in [0.1, 0.15) is 12.8 Å². The highest BCUT2D eigenvalue weighted by Crippen LogP contribution is 2.49. The molecule has 0 aromatic carbocycles. The van der Waals surface area contributed by atoms with Crippen molar-refractivity contribution in [1.29, 1.82) is 0 Å².